The molecule has 0 saturated carbocycles. The number of fused-ring (bicyclic) bond motifs is 1. The van der Waals surface area contributed by atoms with E-state index in [1.54, 1.807) is 15.8 Å². The predicted octanol–water partition coefficient (Wildman–Crippen LogP) is 2.11. The van der Waals surface area contributed by atoms with Crippen LogP contribution in [0.2, 0.25) is 0 Å². The number of hydrogen-bond acceptors (Lipinski definition) is 7. The van der Waals surface area contributed by atoms with Crippen molar-refractivity contribution in [1.29, 1.82) is 0 Å². The highest BCUT2D eigenvalue weighted by Gasteiger charge is 2.22. The highest BCUT2D eigenvalue weighted by Crippen LogP contribution is 2.34. The Balaban J connectivity index is 1.70. The van der Waals surface area contributed by atoms with Crippen molar-refractivity contribution in [3.8, 4) is 11.5 Å². The summed E-state index contributed by atoms with van der Waals surface area (Å²) < 4.78 is 24.0. The molecule has 9 nitrogen and oxygen atoms in total. The van der Waals surface area contributed by atoms with Gasteiger partial charge in [0.2, 0.25) is 0 Å². The lowest BCUT2D eigenvalue weighted by Crippen LogP contribution is -2.31. The number of ether oxygens (including phenoxy) is 4. The van der Waals surface area contributed by atoms with Gasteiger partial charge in [0, 0.05) is 31.9 Å². The number of aromatic nitrogens is 3. The van der Waals surface area contributed by atoms with E-state index in [9.17, 15) is 4.79 Å². The van der Waals surface area contributed by atoms with Crippen LogP contribution in [0.1, 0.15) is 36.8 Å². The Bertz CT molecular complexity index is 804. The van der Waals surface area contributed by atoms with Crippen LogP contribution in [0.5, 0.6) is 11.5 Å². The number of hydrogen-bond donors (Lipinski definition) is 0. The van der Waals surface area contributed by atoms with E-state index in [0.717, 1.165) is 5.56 Å². The van der Waals surface area contributed by atoms with Crippen molar-refractivity contribution in [2.45, 2.75) is 40.2 Å². The molecule has 9 heteroatoms. The molecule has 2 heterocycles. The number of carbonyl (C=O) groups excluding carboxylic acids is 1. The van der Waals surface area contributed by atoms with E-state index < -0.39 is 6.29 Å². The van der Waals surface area contributed by atoms with Crippen LogP contribution >= 0.6 is 0 Å². The lowest BCUT2D eigenvalue weighted by atomic mass is 10.1. The summed E-state index contributed by atoms with van der Waals surface area (Å²) in [5.74, 6) is 1.21. The Labute approximate surface area is 170 Å². The molecule has 1 aliphatic heterocycles. The summed E-state index contributed by atoms with van der Waals surface area (Å²) in [5.41, 5.74) is 1.18. The van der Waals surface area contributed by atoms with Gasteiger partial charge < -0.3 is 23.8 Å². The minimum atomic E-state index is -0.426. The normalized spacial score (nSPS) is 13.0. The molecule has 0 spiro atoms. The predicted molar refractivity (Wildman–Crippen MR) is 105 cm³/mol. The van der Waals surface area contributed by atoms with Crippen LogP contribution < -0.4 is 9.47 Å². The van der Waals surface area contributed by atoms with Gasteiger partial charge in [-0.25, -0.2) is 4.68 Å². The summed E-state index contributed by atoms with van der Waals surface area (Å²) in [5, 5.41) is 8.09. The first-order valence-corrected chi connectivity index (χ1v) is 9.96. The molecule has 0 unspecified atom stereocenters. The van der Waals surface area contributed by atoms with Gasteiger partial charge in [-0.05, 0) is 26.8 Å². The molecule has 1 aliphatic rings. The minimum absolute atomic E-state index is 0.197. The fraction of sp³-hybridized carbons (Fsp3) is 0.550. The second kappa shape index (κ2) is 10.2. The summed E-state index contributed by atoms with van der Waals surface area (Å²) >= 11 is 0. The topological polar surface area (TPSA) is 87.9 Å². The van der Waals surface area contributed by atoms with Gasteiger partial charge in [0.05, 0.1) is 12.7 Å². The van der Waals surface area contributed by atoms with E-state index in [1.165, 1.54) is 0 Å². The molecular weight excluding hydrogens is 376 g/mol. The highest BCUT2D eigenvalue weighted by atomic mass is 16.7. The second-order valence-electron chi connectivity index (χ2n) is 6.43. The molecule has 1 aromatic heterocycles. The van der Waals surface area contributed by atoms with E-state index in [2.05, 4.69) is 10.3 Å². The molecule has 0 atom stereocenters. The van der Waals surface area contributed by atoms with Crippen molar-refractivity contribution in [3.63, 3.8) is 0 Å². The van der Waals surface area contributed by atoms with E-state index in [0.29, 0.717) is 57.6 Å². The fourth-order valence-electron chi connectivity index (χ4n) is 3.12. The first kappa shape index (κ1) is 21.1. The molecule has 0 aliphatic carbocycles. The first-order valence-electron chi connectivity index (χ1n) is 9.96. The number of para-hydroxylation sites is 1. The smallest absolute Gasteiger partial charge is 0.276 e. The van der Waals surface area contributed by atoms with Gasteiger partial charge in [0.15, 0.2) is 23.5 Å². The Hall–Kier alpha value is -2.65. The number of rotatable bonds is 10. The van der Waals surface area contributed by atoms with Crippen molar-refractivity contribution in [2.75, 3.05) is 33.0 Å². The summed E-state index contributed by atoms with van der Waals surface area (Å²) in [6, 6.07) is 5.71. The van der Waals surface area contributed by atoms with E-state index in [1.807, 2.05) is 39.0 Å². The van der Waals surface area contributed by atoms with Gasteiger partial charge >= 0.3 is 0 Å². The highest BCUT2D eigenvalue weighted by molar-refractivity contribution is 5.91. The largest absolute Gasteiger partial charge is 0.486 e. The maximum Gasteiger partial charge on any atom is 0.276 e. The number of benzene rings is 1. The van der Waals surface area contributed by atoms with Gasteiger partial charge in [-0.1, -0.05) is 17.3 Å². The number of carbonyl (C=O) groups is 1. The Morgan fingerprint density at radius 2 is 1.97 bits per heavy atom. The molecule has 29 heavy (non-hydrogen) atoms. The van der Waals surface area contributed by atoms with Crippen LogP contribution in [-0.4, -0.2) is 65.1 Å². The summed E-state index contributed by atoms with van der Waals surface area (Å²) in [6.45, 7) is 9.10. The van der Waals surface area contributed by atoms with Gasteiger partial charge in [-0.2, -0.15) is 0 Å². The SMILES string of the molecule is CCOC(Cn1cc(C(=O)N(CC)Cc2cccc3c2OCCO3)nn1)OCC. The minimum Gasteiger partial charge on any atom is -0.486 e. The zero-order valence-corrected chi connectivity index (χ0v) is 17.2. The van der Waals surface area contributed by atoms with Gasteiger partial charge in [-0.3, -0.25) is 4.79 Å². The summed E-state index contributed by atoms with van der Waals surface area (Å²) in [6.07, 6.45) is 1.20. The van der Waals surface area contributed by atoms with Gasteiger partial charge in [-0.15, -0.1) is 5.10 Å². The zero-order valence-electron chi connectivity index (χ0n) is 17.2. The molecule has 0 saturated heterocycles. The average molecular weight is 404 g/mol. The molecule has 158 valence electrons. The Kier molecular flexibility index (Phi) is 7.42. The van der Waals surface area contributed by atoms with E-state index in [4.69, 9.17) is 18.9 Å². The standard InChI is InChI=1S/C20H28N4O5/c1-4-23(12-15-8-7-9-17-19(15)29-11-10-28-17)20(25)16-13-24(22-21-16)14-18(26-5-2)27-6-3/h7-9,13,18H,4-6,10-12,14H2,1-3H3. The van der Waals surface area contributed by atoms with Crippen molar-refractivity contribution >= 4 is 5.91 Å². The zero-order chi connectivity index (χ0) is 20.6. The van der Waals surface area contributed by atoms with E-state index >= 15 is 0 Å². The second-order valence-corrected chi connectivity index (χ2v) is 6.43. The van der Waals surface area contributed by atoms with E-state index in [-0.39, 0.29) is 11.6 Å². The lowest BCUT2D eigenvalue weighted by Gasteiger charge is -2.24. The molecule has 0 N–H and O–H groups in total. The molecule has 2 aromatic rings. The number of amides is 1. The van der Waals surface area contributed by atoms with Crippen molar-refractivity contribution in [1.82, 2.24) is 19.9 Å². The molecule has 0 radical (unpaired) electrons. The molecule has 0 bridgehead atoms. The van der Waals surface area contributed by atoms with Gasteiger partial charge in [0.25, 0.3) is 5.91 Å². The maximum atomic E-state index is 13.0. The van der Waals surface area contributed by atoms with Crippen LogP contribution in [0.15, 0.2) is 24.4 Å². The van der Waals surface area contributed by atoms with Crippen LogP contribution in [-0.2, 0) is 22.6 Å². The molecular formula is C20H28N4O5. The van der Waals surface area contributed by atoms with Gasteiger partial charge in [0.1, 0.15) is 13.2 Å². The molecule has 1 aromatic carbocycles. The third-order valence-corrected chi connectivity index (χ3v) is 4.48. The fourth-order valence-corrected chi connectivity index (χ4v) is 3.12. The number of nitrogens with zero attached hydrogens (tertiary/aromatic N) is 4. The third-order valence-electron chi connectivity index (χ3n) is 4.48. The third kappa shape index (κ3) is 5.24. The van der Waals surface area contributed by atoms with Crippen LogP contribution in [0, 0.1) is 0 Å². The summed E-state index contributed by atoms with van der Waals surface area (Å²) in [7, 11) is 0. The van der Waals surface area contributed by atoms with Crippen molar-refractivity contribution < 1.29 is 23.7 Å². The van der Waals surface area contributed by atoms with Crippen LogP contribution in [0.3, 0.4) is 0 Å². The molecule has 0 fully saturated rings. The first-order chi connectivity index (χ1) is 14.2. The van der Waals surface area contributed by atoms with Crippen molar-refractivity contribution in [3.05, 3.63) is 35.7 Å². The van der Waals surface area contributed by atoms with Crippen LogP contribution in [0.25, 0.3) is 0 Å². The average Bonchev–Trinajstić information content (AvgIpc) is 3.20. The van der Waals surface area contributed by atoms with Crippen LogP contribution in [0.4, 0.5) is 0 Å². The Morgan fingerprint density at radius 3 is 2.69 bits per heavy atom. The molecule has 1 amide bonds. The summed E-state index contributed by atoms with van der Waals surface area (Å²) in [4.78, 5) is 14.7. The lowest BCUT2D eigenvalue weighted by molar-refractivity contribution is -0.145. The monoisotopic (exact) mass is 404 g/mol. The quantitative estimate of drug-likeness (QED) is 0.561. The maximum absolute atomic E-state index is 13.0. The van der Waals surface area contributed by atoms with Crippen molar-refractivity contribution in [2.24, 2.45) is 0 Å². The molecule has 3 rings (SSSR count). The Morgan fingerprint density at radius 1 is 1.21 bits per heavy atom.